The van der Waals surface area contributed by atoms with Crippen LogP contribution in [0.25, 0.3) is 22.6 Å². The van der Waals surface area contributed by atoms with Crippen molar-refractivity contribution in [2.45, 2.75) is 6.54 Å². The van der Waals surface area contributed by atoms with Crippen molar-refractivity contribution in [2.24, 2.45) is 0 Å². The van der Waals surface area contributed by atoms with Gasteiger partial charge in [0.2, 0.25) is 5.89 Å². The van der Waals surface area contributed by atoms with Gasteiger partial charge in [-0.25, -0.2) is 4.98 Å². The van der Waals surface area contributed by atoms with Gasteiger partial charge in [0.25, 0.3) is 5.91 Å². The van der Waals surface area contributed by atoms with Crippen molar-refractivity contribution in [3.8, 4) is 23.0 Å². The molecule has 2 N–H and O–H groups in total. The van der Waals surface area contributed by atoms with Crippen LogP contribution in [-0.2, 0) is 6.54 Å². The Morgan fingerprint density at radius 2 is 1.75 bits per heavy atom. The van der Waals surface area contributed by atoms with Crippen LogP contribution in [0.15, 0.2) is 71.1 Å². The summed E-state index contributed by atoms with van der Waals surface area (Å²) in [4.78, 5) is 17.0. The highest BCUT2D eigenvalue weighted by Crippen LogP contribution is 2.30. The summed E-state index contributed by atoms with van der Waals surface area (Å²) >= 11 is 5.27. The molecule has 1 amide bonds. The van der Waals surface area contributed by atoms with E-state index in [2.05, 4.69) is 15.6 Å². The minimum absolute atomic E-state index is 0.243. The number of hydrogen-bond acceptors (Lipinski definition) is 6. The third-order valence-electron chi connectivity index (χ3n) is 4.98. The van der Waals surface area contributed by atoms with Crippen molar-refractivity contribution in [3.63, 3.8) is 0 Å². The van der Waals surface area contributed by atoms with E-state index in [1.165, 1.54) is 0 Å². The molecule has 0 saturated heterocycles. The number of para-hydroxylation sites is 2. The van der Waals surface area contributed by atoms with Gasteiger partial charge in [-0.05, 0) is 60.2 Å². The number of hydrogen-bond donors (Lipinski definition) is 2. The second-order valence-electron chi connectivity index (χ2n) is 7.18. The third kappa shape index (κ3) is 4.26. The van der Waals surface area contributed by atoms with Crippen molar-refractivity contribution in [1.29, 1.82) is 0 Å². The molecule has 0 bridgehead atoms. The van der Waals surface area contributed by atoms with E-state index in [0.717, 1.165) is 22.2 Å². The predicted molar refractivity (Wildman–Crippen MR) is 124 cm³/mol. The molecule has 2 heterocycles. The summed E-state index contributed by atoms with van der Waals surface area (Å²) in [6, 6.07) is 20.5. The first-order valence-corrected chi connectivity index (χ1v) is 10.5. The number of carbonyl (C=O) groups is 1. The van der Waals surface area contributed by atoms with E-state index >= 15 is 0 Å². The molecule has 160 valence electrons. The molecular formula is C24H19N3O4S. The molecule has 1 aliphatic rings. The first-order valence-electron chi connectivity index (χ1n) is 10.1. The van der Waals surface area contributed by atoms with Gasteiger partial charge < -0.3 is 19.2 Å². The van der Waals surface area contributed by atoms with Crippen LogP contribution in [0, 0.1) is 0 Å². The summed E-state index contributed by atoms with van der Waals surface area (Å²) in [6.45, 7) is 1.43. The van der Waals surface area contributed by atoms with Crippen LogP contribution in [0.1, 0.15) is 15.9 Å². The van der Waals surface area contributed by atoms with Gasteiger partial charge in [0.15, 0.2) is 22.2 Å². The van der Waals surface area contributed by atoms with Crippen LogP contribution in [0.3, 0.4) is 0 Å². The number of ether oxygens (including phenoxy) is 2. The van der Waals surface area contributed by atoms with E-state index in [1.807, 2.05) is 48.5 Å². The Bertz CT molecular complexity index is 1270. The molecule has 4 aromatic rings. The highest BCUT2D eigenvalue weighted by Gasteiger charge is 2.15. The number of amides is 1. The van der Waals surface area contributed by atoms with Crippen LogP contribution in [0.2, 0.25) is 0 Å². The zero-order valence-corrected chi connectivity index (χ0v) is 17.8. The van der Waals surface area contributed by atoms with Gasteiger partial charge in [-0.2, -0.15) is 0 Å². The van der Waals surface area contributed by atoms with Gasteiger partial charge >= 0.3 is 0 Å². The van der Waals surface area contributed by atoms with Crippen molar-refractivity contribution in [2.75, 3.05) is 13.2 Å². The maximum Gasteiger partial charge on any atom is 0.257 e. The van der Waals surface area contributed by atoms with Gasteiger partial charge in [-0.15, -0.1) is 0 Å². The lowest BCUT2D eigenvalue weighted by Crippen LogP contribution is -2.38. The fourth-order valence-corrected chi connectivity index (χ4v) is 3.51. The second-order valence-corrected chi connectivity index (χ2v) is 7.59. The second kappa shape index (κ2) is 8.68. The largest absolute Gasteiger partial charge is 0.486 e. The Hall–Kier alpha value is -3.91. The number of aromatic nitrogens is 1. The van der Waals surface area contributed by atoms with E-state index in [0.29, 0.717) is 42.7 Å². The van der Waals surface area contributed by atoms with E-state index in [4.69, 9.17) is 26.1 Å². The molecule has 0 saturated carbocycles. The number of carbonyl (C=O) groups excluding carboxylic acids is 1. The van der Waals surface area contributed by atoms with Gasteiger partial charge in [0, 0.05) is 17.7 Å². The number of nitrogens with zero attached hydrogens (tertiary/aromatic N) is 1. The number of nitrogens with one attached hydrogen (secondary N) is 2. The van der Waals surface area contributed by atoms with Crippen LogP contribution < -0.4 is 20.1 Å². The number of fused-ring (bicyclic) bond motifs is 2. The zero-order chi connectivity index (χ0) is 21.9. The first-order chi connectivity index (χ1) is 15.7. The first kappa shape index (κ1) is 20.0. The van der Waals surface area contributed by atoms with Gasteiger partial charge in [0.05, 0.1) is 0 Å². The molecular weight excluding hydrogens is 426 g/mol. The lowest BCUT2D eigenvalue weighted by Gasteiger charge is -2.18. The Labute approximate surface area is 189 Å². The quantitative estimate of drug-likeness (QED) is 0.458. The molecule has 8 heteroatoms. The Kier molecular flexibility index (Phi) is 5.43. The lowest BCUT2D eigenvalue weighted by atomic mass is 10.1. The highest BCUT2D eigenvalue weighted by atomic mass is 32.1. The molecule has 1 aliphatic heterocycles. The van der Waals surface area contributed by atoms with Gasteiger partial charge in [-0.3, -0.25) is 10.1 Å². The van der Waals surface area contributed by atoms with E-state index in [1.54, 1.807) is 18.2 Å². The number of oxazole rings is 1. The molecule has 7 nitrogen and oxygen atoms in total. The lowest BCUT2D eigenvalue weighted by molar-refractivity contribution is 0.0975. The molecule has 3 aromatic carbocycles. The molecule has 0 unspecified atom stereocenters. The molecule has 0 spiro atoms. The minimum atomic E-state index is -0.314. The van der Waals surface area contributed by atoms with Crippen molar-refractivity contribution >= 4 is 34.3 Å². The van der Waals surface area contributed by atoms with Crippen molar-refractivity contribution < 1.29 is 18.7 Å². The third-order valence-corrected chi connectivity index (χ3v) is 5.23. The fourth-order valence-electron chi connectivity index (χ4n) is 3.35. The maximum absolute atomic E-state index is 12.5. The van der Waals surface area contributed by atoms with Crippen LogP contribution in [-0.4, -0.2) is 29.2 Å². The number of benzene rings is 3. The van der Waals surface area contributed by atoms with E-state index in [9.17, 15) is 4.79 Å². The summed E-state index contributed by atoms with van der Waals surface area (Å²) < 4.78 is 16.8. The molecule has 0 radical (unpaired) electrons. The summed E-state index contributed by atoms with van der Waals surface area (Å²) in [7, 11) is 0. The fraction of sp³-hybridized carbons (Fsp3) is 0.125. The average Bonchev–Trinajstić information content (AvgIpc) is 3.27. The summed E-state index contributed by atoms with van der Waals surface area (Å²) in [5.74, 6) is 1.45. The van der Waals surface area contributed by atoms with Gasteiger partial charge in [-0.1, -0.05) is 24.3 Å². The topological polar surface area (TPSA) is 85.6 Å². The Morgan fingerprint density at radius 3 is 2.56 bits per heavy atom. The molecule has 0 atom stereocenters. The average molecular weight is 446 g/mol. The molecule has 0 fully saturated rings. The Morgan fingerprint density at radius 1 is 0.969 bits per heavy atom. The van der Waals surface area contributed by atoms with E-state index in [-0.39, 0.29) is 11.0 Å². The van der Waals surface area contributed by atoms with Crippen molar-refractivity contribution in [3.05, 3.63) is 77.9 Å². The predicted octanol–water partition coefficient (Wildman–Crippen LogP) is 4.07. The Balaban J connectivity index is 1.17. The normalized spacial score (nSPS) is 12.4. The standard InChI is InChI=1S/C24H19N3O4S/c28-22(17-9-10-20-21(13-17)30-12-11-29-20)27-24(32)25-14-15-5-7-16(8-6-15)23-26-18-3-1-2-4-19(18)31-23/h1-10,13H,11-12,14H2,(H2,25,27,28,32). The van der Waals surface area contributed by atoms with E-state index < -0.39 is 0 Å². The summed E-state index contributed by atoms with van der Waals surface area (Å²) in [5.41, 5.74) is 3.92. The van der Waals surface area contributed by atoms with Crippen LogP contribution in [0.5, 0.6) is 11.5 Å². The minimum Gasteiger partial charge on any atom is -0.486 e. The molecule has 5 rings (SSSR count). The van der Waals surface area contributed by atoms with Crippen molar-refractivity contribution in [1.82, 2.24) is 15.6 Å². The summed E-state index contributed by atoms with van der Waals surface area (Å²) in [6.07, 6.45) is 0. The summed E-state index contributed by atoms with van der Waals surface area (Å²) in [5, 5.41) is 5.98. The number of rotatable bonds is 4. The molecule has 0 aliphatic carbocycles. The van der Waals surface area contributed by atoms with Crippen LogP contribution in [0.4, 0.5) is 0 Å². The highest BCUT2D eigenvalue weighted by molar-refractivity contribution is 7.80. The molecule has 1 aromatic heterocycles. The zero-order valence-electron chi connectivity index (χ0n) is 17.0. The monoisotopic (exact) mass is 445 g/mol. The SMILES string of the molecule is O=C(NC(=S)NCc1ccc(-c2nc3ccccc3o2)cc1)c1ccc2c(c1)OCCO2. The maximum atomic E-state index is 12.5. The van der Waals surface area contributed by atoms with Crippen LogP contribution >= 0.6 is 12.2 Å². The smallest absolute Gasteiger partial charge is 0.257 e. The molecule has 32 heavy (non-hydrogen) atoms. The number of thiocarbonyl (C=S) groups is 1. The van der Waals surface area contributed by atoms with Gasteiger partial charge in [0.1, 0.15) is 18.7 Å².